The summed E-state index contributed by atoms with van der Waals surface area (Å²) in [5, 5.41) is 3.26. The normalized spacial score (nSPS) is 10.0. The van der Waals surface area contributed by atoms with Gasteiger partial charge in [-0.2, -0.15) is 0 Å². The molecule has 0 spiro atoms. The van der Waals surface area contributed by atoms with Crippen molar-refractivity contribution >= 4 is 5.82 Å². The third-order valence-corrected chi connectivity index (χ3v) is 2.40. The Morgan fingerprint density at radius 3 is 2.76 bits per heavy atom. The largest absolute Gasteiger partial charge is 0.481 e. The Hall–Kier alpha value is -2.10. The average Bonchev–Trinajstić information content (AvgIpc) is 2.37. The van der Waals surface area contributed by atoms with E-state index < -0.39 is 0 Å². The van der Waals surface area contributed by atoms with Crippen LogP contribution in [0.15, 0.2) is 36.7 Å². The molecule has 1 N–H and O–H groups in total. The highest BCUT2D eigenvalue weighted by Gasteiger charge is 1.98. The van der Waals surface area contributed by atoms with Gasteiger partial charge >= 0.3 is 0 Å². The van der Waals surface area contributed by atoms with E-state index in [1.807, 2.05) is 31.2 Å². The molecule has 2 heterocycles. The van der Waals surface area contributed by atoms with Crippen molar-refractivity contribution in [3.05, 3.63) is 47.8 Å². The van der Waals surface area contributed by atoms with E-state index in [0.29, 0.717) is 12.4 Å². The lowest BCUT2D eigenvalue weighted by atomic mass is 10.2. The van der Waals surface area contributed by atoms with Gasteiger partial charge in [-0.05, 0) is 36.2 Å². The van der Waals surface area contributed by atoms with Crippen molar-refractivity contribution in [2.45, 2.75) is 13.5 Å². The van der Waals surface area contributed by atoms with E-state index in [2.05, 4.69) is 15.3 Å². The van der Waals surface area contributed by atoms with Crippen LogP contribution in [-0.2, 0) is 6.54 Å². The molecular weight excluding hydrogens is 214 g/mol. The van der Waals surface area contributed by atoms with Crippen molar-refractivity contribution in [3.8, 4) is 5.88 Å². The maximum atomic E-state index is 5.07. The first kappa shape index (κ1) is 11.4. The van der Waals surface area contributed by atoms with Crippen LogP contribution in [-0.4, -0.2) is 17.1 Å². The van der Waals surface area contributed by atoms with Gasteiger partial charge in [-0.1, -0.05) is 0 Å². The van der Waals surface area contributed by atoms with Crippen LogP contribution in [0.4, 0.5) is 5.82 Å². The van der Waals surface area contributed by atoms with E-state index in [-0.39, 0.29) is 0 Å². The summed E-state index contributed by atoms with van der Waals surface area (Å²) in [6.45, 7) is 2.75. The van der Waals surface area contributed by atoms with E-state index in [0.717, 1.165) is 11.4 Å². The predicted octanol–water partition coefficient (Wildman–Crippen LogP) is 2.41. The smallest absolute Gasteiger partial charge is 0.213 e. The molecular formula is C13H15N3O. The minimum Gasteiger partial charge on any atom is -0.481 e. The van der Waals surface area contributed by atoms with Gasteiger partial charge in [0.15, 0.2) is 0 Å². The number of anilines is 1. The molecule has 88 valence electrons. The average molecular weight is 229 g/mol. The molecule has 0 bridgehead atoms. The zero-order valence-electron chi connectivity index (χ0n) is 9.97. The highest BCUT2D eigenvalue weighted by Crippen LogP contribution is 2.11. The summed E-state index contributed by atoms with van der Waals surface area (Å²) in [5.74, 6) is 1.50. The zero-order valence-corrected chi connectivity index (χ0v) is 9.97. The number of hydrogen-bond donors (Lipinski definition) is 1. The van der Waals surface area contributed by atoms with Gasteiger partial charge in [0.2, 0.25) is 5.88 Å². The van der Waals surface area contributed by atoms with Crippen LogP contribution < -0.4 is 10.1 Å². The number of nitrogens with one attached hydrogen (secondary N) is 1. The Labute approximate surface area is 101 Å². The molecule has 0 unspecified atom stereocenters. The maximum absolute atomic E-state index is 5.07. The third-order valence-electron chi connectivity index (χ3n) is 2.40. The zero-order chi connectivity index (χ0) is 12.1. The van der Waals surface area contributed by atoms with E-state index in [4.69, 9.17) is 4.74 Å². The molecule has 0 aliphatic rings. The monoisotopic (exact) mass is 229 g/mol. The van der Waals surface area contributed by atoms with Crippen LogP contribution in [0, 0.1) is 6.92 Å². The Morgan fingerprint density at radius 2 is 2.00 bits per heavy atom. The molecule has 0 fully saturated rings. The minimum absolute atomic E-state index is 0.626. The third kappa shape index (κ3) is 3.17. The topological polar surface area (TPSA) is 47.0 Å². The highest BCUT2D eigenvalue weighted by atomic mass is 16.5. The fraction of sp³-hybridized carbons (Fsp3) is 0.231. The Kier molecular flexibility index (Phi) is 3.55. The number of nitrogens with zero attached hydrogens (tertiary/aromatic N) is 2. The van der Waals surface area contributed by atoms with Crippen molar-refractivity contribution in [2.75, 3.05) is 12.4 Å². The summed E-state index contributed by atoms with van der Waals surface area (Å²) >= 11 is 0. The first-order valence-electron chi connectivity index (χ1n) is 5.43. The second-order valence-electron chi connectivity index (χ2n) is 3.78. The van der Waals surface area contributed by atoms with Crippen LogP contribution in [0.3, 0.4) is 0 Å². The predicted molar refractivity (Wildman–Crippen MR) is 67.1 cm³/mol. The number of rotatable bonds is 4. The molecule has 2 rings (SSSR count). The fourth-order valence-electron chi connectivity index (χ4n) is 1.50. The minimum atomic E-state index is 0.626. The van der Waals surface area contributed by atoms with E-state index in [1.54, 1.807) is 19.5 Å². The standard InChI is InChI=1S/C13H15N3O/c1-10-3-5-14-12(7-10)16-9-11-4-6-15-13(8-11)17-2/h3-8H,9H2,1-2H3,(H,14,16). The summed E-state index contributed by atoms with van der Waals surface area (Å²) in [4.78, 5) is 8.30. The molecule has 0 saturated heterocycles. The van der Waals surface area contributed by atoms with Gasteiger partial charge in [0.05, 0.1) is 7.11 Å². The Morgan fingerprint density at radius 1 is 1.18 bits per heavy atom. The molecule has 0 saturated carbocycles. The molecule has 0 aliphatic carbocycles. The summed E-state index contributed by atoms with van der Waals surface area (Å²) in [7, 11) is 1.61. The summed E-state index contributed by atoms with van der Waals surface area (Å²) in [5.41, 5.74) is 2.30. The summed E-state index contributed by atoms with van der Waals surface area (Å²) < 4.78 is 5.07. The molecule has 0 aromatic carbocycles. The molecule has 0 aliphatic heterocycles. The molecule has 17 heavy (non-hydrogen) atoms. The molecule has 4 nitrogen and oxygen atoms in total. The summed E-state index contributed by atoms with van der Waals surface area (Å²) in [6, 6.07) is 7.84. The lowest BCUT2D eigenvalue weighted by molar-refractivity contribution is 0.397. The number of hydrogen-bond acceptors (Lipinski definition) is 4. The first-order valence-corrected chi connectivity index (χ1v) is 5.43. The van der Waals surface area contributed by atoms with Gasteiger partial charge in [0, 0.05) is 25.0 Å². The van der Waals surface area contributed by atoms with Gasteiger partial charge < -0.3 is 10.1 Å². The van der Waals surface area contributed by atoms with Crippen LogP contribution in [0.25, 0.3) is 0 Å². The van der Waals surface area contributed by atoms with Crippen LogP contribution in [0.2, 0.25) is 0 Å². The lowest BCUT2D eigenvalue weighted by Gasteiger charge is -2.07. The van der Waals surface area contributed by atoms with E-state index in [1.165, 1.54) is 5.56 Å². The second kappa shape index (κ2) is 5.30. The second-order valence-corrected chi connectivity index (χ2v) is 3.78. The van der Waals surface area contributed by atoms with Crippen molar-refractivity contribution in [3.63, 3.8) is 0 Å². The van der Waals surface area contributed by atoms with Gasteiger partial charge in [-0.15, -0.1) is 0 Å². The fourth-order valence-corrected chi connectivity index (χ4v) is 1.50. The molecule has 4 heteroatoms. The molecule has 2 aromatic rings. The van der Waals surface area contributed by atoms with Crippen molar-refractivity contribution in [1.29, 1.82) is 0 Å². The SMILES string of the molecule is COc1cc(CNc2cc(C)ccn2)ccn1. The highest BCUT2D eigenvalue weighted by molar-refractivity contribution is 5.38. The van der Waals surface area contributed by atoms with Crippen LogP contribution in [0.5, 0.6) is 5.88 Å². The van der Waals surface area contributed by atoms with Gasteiger partial charge in [0.25, 0.3) is 0 Å². The molecule has 0 radical (unpaired) electrons. The van der Waals surface area contributed by atoms with E-state index >= 15 is 0 Å². The number of pyridine rings is 2. The Balaban J connectivity index is 2.02. The lowest BCUT2D eigenvalue weighted by Crippen LogP contribution is -2.02. The Bertz CT molecular complexity index is 500. The quantitative estimate of drug-likeness (QED) is 0.874. The van der Waals surface area contributed by atoms with Gasteiger partial charge in [-0.25, -0.2) is 9.97 Å². The number of methoxy groups -OCH3 is 1. The molecule has 2 aromatic heterocycles. The van der Waals surface area contributed by atoms with Gasteiger partial charge in [-0.3, -0.25) is 0 Å². The number of ether oxygens (including phenoxy) is 1. The van der Waals surface area contributed by atoms with Crippen molar-refractivity contribution in [2.24, 2.45) is 0 Å². The summed E-state index contributed by atoms with van der Waals surface area (Å²) in [6.07, 6.45) is 3.53. The van der Waals surface area contributed by atoms with Gasteiger partial charge in [0.1, 0.15) is 5.82 Å². The number of aromatic nitrogens is 2. The first-order chi connectivity index (χ1) is 8.28. The number of aryl methyl sites for hydroxylation is 1. The van der Waals surface area contributed by atoms with E-state index in [9.17, 15) is 0 Å². The maximum Gasteiger partial charge on any atom is 0.213 e. The molecule has 0 atom stereocenters. The van der Waals surface area contributed by atoms with Crippen LogP contribution in [0.1, 0.15) is 11.1 Å². The van der Waals surface area contributed by atoms with Crippen molar-refractivity contribution in [1.82, 2.24) is 9.97 Å². The van der Waals surface area contributed by atoms with Crippen LogP contribution >= 0.6 is 0 Å². The molecule has 0 amide bonds. The van der Waals surface area contributed by atoms with Crippen molar-refractivity contribution < 1.29 is 4.74 Å².